The number of rotatable bonds is 11. The van der Waals surface area contributed by atoms with Crippen LogP contribution in [-0.2, 0) is 9.59 Å². The number of carbonyl (C=O) groups excluding carboxylic acids is 2. The Labute approximate surface area is 233 Å². The second-order valence-electron chi connectivity index (χ2n) is 10.2. The Morgan fingerprint density at radius 1 is 1.05 bits per heavy atom. The van der Waals surface area contributed by atoms with E-state index in [0.717, 1.165) is 48.1 Å². The zero-order valence-electron chi connectivity index (χ0n) is 22.1. The standard InChI is InChI=1S/C28H39BrN6O3/c1-38-24-11-9-23(10-12-24)30-13-14-31-27(37)25(16-20-6-3-2-4-7-20)34-26(36)21-8-5-15-35(19-21)28-32-17-22(29)18-33-28/h9-12,17-18,20-21,25,30H,2-8,13-16,19H2,1H3,(H,31,37)(H,34,36)/t21-,25?/m0/s1. The van der Waals surface area contributed by atoms with Gasteiger partial charge in [-0.2, -0.15) is 0 Å². The zero-order chi connectivity index (χ0) is 26.7. The summed E-state index contributed by atoms with van der Waals surface area (Å²) in [5, 5.41) is 9.47. The Morgan fingerprint density at radius 2 is 1.79 bits per heavy atom. The van der Waals surface area contributed by atoms with Crippen molar-refractivity contribution in [3.05, 3.63) is 41.1 Å². The summed E-state index contributed by atoms with van der Waals surface area (Å²) >= 11 is 3.37. The van der Waals surface area contributed by atoms with Gasteiger partial charge in [-0.1, -0.05) is 32.1 Å². The van der Waals surface area contributed by atoms with Gasteiger partial charge in [0.2, 0.25) is 17.8 Å². The molecule has 206 valence electrons. The van der Waals surface area contributed by atoms with Gasteiger partial charge in [-0.05, 0) is 65.4 Å². The highest BCUT2D eigenvalue weighted by molar-refractivity contribution is 9.10. The van der Waals surface area contributed by atoms with Crippen molar-refractivity contribution in [2.45, 2.75) is 57.4 Å². The van der Waals surface area contributed by atoms with Gasteiger partial charge in [0.05, 0.1) is 17.5 Å². The van der Waals surface area contributed by atoms with Gasteiger partial charge >= 0.3 is 0 Å². The quantitative estimate of drug-likeness (QED) is 0.339. The summed E-state index contributed by atoms with van der Waals surface area (Å²) in [6.45, 7) is 2.43. The first-order chi connectivity index (χ1) is 18.5. The van der Waals surface area contributed by atoms with E-state index < -0.39 is 6.04 Å². The number of anilines is 2. The molecular weight excluding hydrogens is 548 g/mol. The summed E-state index contributed by atoms with van der Waals surface area (Å²) < 4.78 is 6.02. The normalized spacial score (nSPS) is 18.9. The number of carbonyl (C=O) groups is 2. The highest BCUT2D eigenvalue weighted by atomic mass is 79.9. The van der Waals surface area contributed by atoms with E-state index in [1.807, 2.05) is 24.3 Å². The summed E-state index contributed by atoms with van der Waals surface area (Å²) in [5.74, 6) is 1.54. The van der Waals surface area contributed by atoms with E-state index in [0.29, 0.717) is 37.9 Å². The predicted octanol–water partition coefficient (Wildman–Crippen LogP) is 4.15. The van der Waals surface area contributed by atoms with Crippen molar-refractivity contribution in [3.8, 4) is 5.75 Å². The summed E-state index contributed by atoms with van der Waals surface area (Å²) in [4.78, 5) is 37.5. The van der Waals surface area contributed by atoms with E-state index in [2.05, 4.69) is 46.7 Å². The topological polar surface area (TPSA) is 108 Å². The van der Waals surface area contributed by atoms with Crippen molar-refractivity contribution in [1.29, 1.82) is 0 Å². The Kier molecular flexibility index (Phi) is 10.6. The van der Waals surface area contributed by atoms with Crippen LogP contribution in [0.2, 0.25) is 0 Å². The zero-order valence-corrected chi connectivity index (χ0v) is 23.7. The van der Waals surface area contributed by atoms with Crippen molar-refractivity contribution in [2.24, 2.45) is 11.8 Å². The lowest BCUT2D eigenvalue weighted by Crippen LogP contribution is -2.52. The van der Waals surface area contributed by atoms with E-state index in [-0.39, 0.29) is 17.7 Å². The van der Waals surface area contributed by atoms with Crippen molar-refractivity contribution in [1.82, 2.24) is 20.6 Å². The number of halogens is 1. The Bertz CT molecular complexity index is 1030. The Balaban J connectivity index is 1.31. The van der Waals surface area contributed by atoms with Crippen LogP contribution in [0.5, 0.6) is 5.75 Å². The number of methoxy groups -OCH3 is 1. The monoisotopic (exact) mass is 586 g/mol. The minimum atomic E-state index is -0.522. The summed E-state index contributed by atoms with van der Waals surface area (Å²) in [7, 11) is 1.64. The van der Waals surface area contributed by atoms with E-state index in [9.17, 15) is 9.59 Å². The third-order valence-corrected chi connectivity index (χ3v) is 7.86. The minimum Gasteiger partial charge on any atom is -0.497 e. The Morgan fingerprint density at radius 3 is 2.50 bits per heavy atom. The number of aromatic nitrogens is 2. The third-order valence-electron chi connectivity index (χ3n) is 7.45. The van der Waals surface area contributed by atoms with E-state index in [1.165, 1.54) is 19.3 Å². The molecule has 1 saturated carbocycles. The van der Waals surface area contributed by atoms with Crippen molar-refractivity contribution in [3.63, 3.8) is 0 Å². The fourth-order valence-electron chi connectivity index (χ4n) is 5.34. The largest absolute Gasteiger partial charge is 0.497 e. The average molecular weight is 588 g/mol. The smallest absolute Gasteiger partial charge is 0.242 e. The molecule has 0 bridgehead atoms. The van der Waals surface area contributed by atoms with E-state index in [1.54, 1.807) is 19.5 Å². The molecule has 1 aromatic heterocycles. The molecule has 2 amide bonds. The molecule has 2 atom stereocenters. The second-order valence-corrected chi connectivity index (χ2v) is 11.1. The second kappa shape index (κ2) is 14.3. The minimum absolute atomic E-state index is 0.0564. The van der Waals surface area contributed by atoms with Gasteiger partial charge in [-0.25, -0.2) is 9.97 Å². The summed E-state index contributed by atoms with van der Waals surface area (Å²) in [5.41, 5.74) is 0.962. The molecule has 0 radical (unpaired) electrons. The molecule has 38 heavy (non-hydrogen) atoms. The first kappa shape index (κ1) is 28.1. The number of amides is 2. The van der Waals surface area contributed by atoms with Gasteiger partial charge < -0.3 is 25.6 Å². The molecule has 1 aliphatic heterocycles. The molecule has 2 fully saturated rings. The summed E-state index contributed by atoms with van der Waals surface area (Å²) in [6.07, 6.45) is 11.7. The van der Waals surface area contributed by atoms with E-state index in [4.69, 9.17) is 4.74 Å². The molecule has 1 aromatic carbocycles. The van der Waals surface area contributed by atoms with Crippen LogP contribution >= 0.6 is 15.9 Å². The van der Waals surface area contributed by atoms with Gasteiger partial charge in [-0.15, -0.1) is 0 Å². The van der Waals surface area contributed by atoms with Crippen molar-refractivity contribution in [2.75, 3.05) is 43.5 Å². The van der Waals surface area contributed by atoms with Crippen LogP contribution in [0.15, 0.2) is 41.1 Å². The van der Waals surface area contributed by atoms with Crippen LogP contribution in [0, 0.1) is 11.8 Å². The molecule has 0 spiro atoms. The molecule has 4 rings (SSSR count). The van der Waals surface area contributed by atoms with Crippen LogP contribution in [0.4, 0.5) is 11.6 Å². The van der Waals surface area contributed by atoms with Gasteiger partial charge in [0.1, 0.15) is 11.8 Å². The molecule has 2 aliphatic rings. The highest BCUT2D eigenvalue weighted by Gasteiger charge is 2.31. The maximum Gasteiger partial charge on any atom is 0.242 e. The SMILES string of the molecule is COc1ccc(NCCNC(=O)C(CC2CCCCC2)NC(=O)[C@H]2CCCN(c3ncc(Br)cn3)C2)cc1. The predicted molar refractivity (Wildman–Crippen MR) is 152 cm³/mol. The molecule has 1 saturated heterocycles. The number of nitrogens with zero attached hydrogens (tertiary/aromatic N) is 3. The number of nitrogens with one attached hydrogen (secondary N) is 3. The maximum absolute atomic E-state index is 13.4. The first-order valence-electron chi connectivity index (χ1n) is 13.7. The van der Waals surface area contributed by atoms with Gasteiger partial charge in [0.15, 0.2) is 0 Å². The van der Waals surface area contributed by atoms with Crippen LogP contribution in [0.25, 0.3) is 0 Å². The van der Waals surface area contributed by atoms with Crippen LogP contribution in [0.1, 0.15) is 51.4 Å². The van der Waals surface area contributed by atoms with E-state index >= 15 is 0 Å². The van der Waals surface area contributed by atoms with Gasteiger partial charge in [0.25, 0.3) is 0 Å². The first-order valence-corrected chi connectivity index (χ1v) is 14.5. The lowest BCUT2D eigenvalue weighted by Gasteiger charge is -2.33. The lowest BCUT2D eigenvalue weighted by molar-refractivity contribution is -0.131. The molecule has 2 aromatic rings. The maximum atomic E-state index is 13.4. The van der Waals surface area contributed by atoms with Crippen LogP contribution < -0.4 is 25.6 Å². The lowest BCUT2D eigenvalue weighted by atomic mass is 9.84. The van der Waals surface area contributed by atoms with Crippen LogP contribution in [-0.4, -0.2) is 61.1 Å². The fourth-order valence-corrected chi connectivity index (χ4v) is 5.55. The number of benzene rings is 1. The number of hydrogen-bond acceptors (Lipinski definition) is 7. The van der Waals surface area contributed by atoms with Crippen LogP contribution in [0.3, 0.4) is 0 Å². The molecule has 1 aliphatic carbocycles. The van der Waals surface area contributed by atoms with Gasteiger partial charge in [0, 0.05) is 44.3 Å². The van der Waals surface area contributed by atoms with Crippen molar-refractivity contribution < 1.29 is 14.3 Å². The highest BCUT2D eigenvalue weighted by Crippen LogP contribution is 2.28. The van der Waals surface area contributed by atoms with Crippen molar-refractivity contribution >= 4 is 39.4 Å². The molecule has 2 heterocycles. The number of hydrogen-bond donors (Lipinski definition) is 3. The Hall–Kier alpha value is -2.88. The van der Waals surface area contributed by atoms with Gasteiger partial charge in [-0.3, -0.25) is 9.59 Å². The molecular formula is C28H39BrN6O3. The number of ether oxygens (including phenoxy) is 1. The fraction of sp³-hybridized carbons (Fsp3) is 0.571. The third kappa shape index (κ3) is 8.31. The average Bonchev–Trinajstić information content (AvgIpc) is 2.96. The molecule has 3 N–H and O–H groups in total. The molecule has 9 nitrogen and oxygen atoms in total. The molecule has 10 heteroatoms. The number of piperidine rings is 1. The summed E-state index contributed by atoms with van der Waals surface area (Å²) in [6, 6.07) is 7.16. The molecule has 1 unspecified atom stereocenters.